The number of hydrogen-bond donors (Lipinski definition) is 0. The van der Waals surface area contributed by atoms with E-state index in [1.165, 1.54) is 6.33 Å². The van der Waals surface area contributed by atoms with Gasteiger partial charge in [-0.2, -0.15) is 5.10 Å². The van der Waals surface area contributed by atoms with Crippen molar-refractivity contribution in [3.8, 4) is 0 Å². The number of methoxy groups -OCH3 is 1. The average Bonchev–Trinajstić information content (AvgIpc) is 2.89. The summed E-state index contributed by atoms with van der Waals surface area (Å²) in [5.74, 6) is 0. The molecule has 0 bridgehead atoms. The molecule has 0 aliphatic rings. The molecule has 0 saturated carbocycles. The zero-order valence-electron chi connectivity index (χ0n) is 10.8. The number of halogens is 2. The molecule has 1 unspecified atom stereocenters. The highest BCUT2D eigenvalue weighted by Gasteiger charge is 2.33. The molecule has 1 atom stereocenters. The molecule has 102 valence electrons. The Bertz CT molecular complexity index is 539. The van der Waals surface area contributed by atoms with Crippen molar-refractivity contribution in [3.05, 3.63) is 46.5 Å². The molecule has 0 aliphatic carbocycles. The maximum Gasteiger partial charge on any atom is 0.137 e. The highest BCUT2D eigenvalue weighted by atomic mass is 35.5. The number of aromatic nitrogens is 3. The molecule has 0 fully saturated rings. The minimum absolute atomic E-state index is 0.543. The summed E-state index contributed by atoms with van der Waals surface area (Å²) in [6, 6.07) is 5.44. The van der Waals surface area contributed by atoms with Gasteiger partial charge < -0.3 is 4.74 Å². The van der Waals surface area contributed by atoms with Crippen LogP contribution in [-0.4, -0.2) is 21.9 Å². The molecule has 4 nitrogen and oxygen atoms in total. The first-order valence-electron chi connectivity index (χ1n) is 5.94. The Labute approximate surface area is 122 Å². The lowest BCUT2D eigenvalue weighted by molar-refractivity contribution is -0.0353. The molecular formula is C13H15Cl2N3O. The first-order chi connectivity index (χ1) is 9.11. The maximum absolute atomic E-state index is 6.30. The van der Waals surface area contributed by atoms with Crippen LogP contribution in [0.5, 0.6) is 0 Å². The van der Waals surface area contributed by atoms with Gasteiger partial charge in [0.1, 0.15) is 18.3 Å². The van der Waals surface area contributed by atoms with Crippen molar-refractivity contribution in [3.63, 3.8) is 0 Å². The average molecular weight is 300 g/mol. The van der Waals surface area contributed by atoms with E-state index in [0.29, 0.717) is 16.6 Å². The molecule has 0 spiro atoms. The van der Waals surface area contributed by atoms with E-state index in [0.717, 1.165) is 12.0 Å². The number of ether oxygens (including phenoxy) is 1. The Hall–Kier alpha value is -1.10. The van der Waals surface area contributed by atoms with Gasteiger partial charge in [0, 0.05) is 22.7 Å². The summed E-state index contributed by atoms with van der Waals surface area (Å²) < 4.78 is 7.49. The van der Waals surface area contributed by atoms with Crippen LogP contribution in [0.3, 0.4) is 0 Å². The summed E-state index contributed by atoms with van der Waals surface area (Å²) in [6.07, 6.45) is 3.91. The van der Waals surface area contributed by atoms with Gasteiger partial charge in [-0.1, -0.05) is 36.2 Å². The summed E-state index contributed by atoms with van der Waals surface area (Å²) in [5, 5.41) is 5.33. The van der Waals surface area contributed by atoms with Crippen molar-refractivity contribution in [1.82, 2.24) is 14.8 Å². The predicted octanol–water partition coefficient (Wildman–Crippen LogP) is 3.54. The second kappa shape index (κ2) is 5.90. The van der Waals surface area contributed by atoms with E-state index >= 15 is 0 Å². The molecular weight excluding hydrogens is 285 g/mol. The number of nitrogens with zero attached hydrogens (tertiary/aromatic N) is 3. The largest absolute Gasteiger partial charge is 0.372 e. The van der Waals surface area contributed by atoms with Crippen molar-refractivity contribution in [2.75, 3.05) is 7.11 Å². The Morgan fingerprint density at radius 2 is 2.16 bits per heavy atom. The molecule has 0 aliphatic heterocycles. The first-order valence-corrected chi connectivity index (χ1v) is 6.70. The number of rotatable bonds is 5. The summed E-state index contributed by atoms with van der Waals surface area (Å²) in [7, 11) is 1.67. The zero-order valence-corrected chi connectivity index (χ0v) is 12.3. The number of benzene rings is 1. The predicted molar refractivity (Wildman–Crippen MR) is 75.5 cm³/mol. The molecule has 0 saturated heterocycles. The van der Waals surface area contributed by atoms with Crippen molar-refractivity contribution in [2.24, 2.45) is 0 Å². The van der Waals surface area contributed by atoms with Gasteiger partial charge in [0.15, 0.2) is 0 Å². The van der Waals surface area contributed by atoms with Crippen LogP contribution in [0.2, 0.25) is 10.0 Å². The smallest absolute Gasteiger partial charge is 0.137 e. The summed E-state index contributed by atoms with van der Waals surface area (Å²) in [4.78, 5) is 3.95. The van der Waals surface area contributed by atoms with Crippen LogP contribution in [0.1, 0.15) is 18.9 Å². The van der Waals surface area contributed by atoms with E-state index in [1.54, 1.807) is 24.2 Å². The van der Waals surface area contributed by atoms with Crippen LogP contribution in [0.15, 0.2) is 30.9 Å². The molecule has 1 aromatic carbocycles. The van der Waals surface area contributed by atoms with Gasteiger partial charge in [-0.15, -0.1) is 0 Å². The van der Waals surface area contributed by atoms with Gasteiger partial charge in [-0.3, -0.25) is 0 Å². The minimum atomic E-state index is -0.546. The topological polar surface area (TPSA) is 39.9 Å². The van der Waals surface area contributed by atoms with Crippen LogP contribution in [-0.2, 0) is 16.9 Å². The van der Waals surface area contributed by atoms with E-state index < -0.39 is 5.60 Å². The normalized spacial score (nSPS) is 14.3. The van der Waals surface area contributed by atoms with Gasteiger partial charge in [0.05, 0.1) is 6.54 Å². The molecule has 1 heterocycles. The molecule has 0 radical (unpaired) electrons. The Balaban J connectivity index is 2.43. The highest BCUT2D eigenvalue weighted by molar-refractivity contribution is 6.35. The quantitative estimate of drug-likeness (QED) is 0.848. The number of hydrogen-bond acceptors (Lipinski definition) is 3. The van der Waals surface area contributed by atoms with Crippen LogP contribution >= 0.6 is 23.2 Å². The third-order valence-electron chi connectivity index (χ3n) is 3.27. The summed E-state index contributed by atoms with van der Waals surface area (Å²) in [6.45, 7) is 2.59. The lowest BCUT2D eigenvalue weighted by Crippen LogP contribution is -2.33. The van der Waals surface area contributed by atoms with Crippen molar-refractivity contribution in [1.29, 1.82) is 0 Å². The van der Waals surface area contributed by atoms with Gasteiger partial charge in [-0.05, 0) is 18.6 Å². The van der Waals surface area contributed by atoms with Crippen LogP contribution in [0.4, 0.5) is 0 Å². The van der Waals surface area contributed by atoms with E-state index in [2.05, 4.69) is 10.1 Å². The monoisotopic (exact) mass is 299 g/mol. The molecule has 2 rings (SSSR count). The minimum Gasteiger partial charge on any atom is -0.372 e. The Morgan fingerprint density at radius 3 is 2.68 bits per heavy atom. The van der Waals surface area contributed by atoms with Gasteiger partial charge in [0.2, 0.25) is 0 Å². The van der Waals surface area contributed by atoms with Gasteiger partial charge >= 0.3 is 0 Å². The molecule has 0 N–H and O–H groups in total. The van der Waals surface area contributed by atoms with Gasteiger partial charge in [0.25, 0.3) is 0 Å². The van der Waals surface area contributed by atoms with Crippen LogP contribution in [0, 0.1) is 0 Å². The van der Waals surface area contributed by atoms with E-state index in [-0.39, 0.29) is 0 Å². The standard InChI is InChI=1S/C13H15Cl2N3O/c1-3-13(19-2,7-18-9-16-8-17-18)11-5-4-10(14)6-12(11)15/h4-6,8-9H,3,7H2,1-2H3. The third kappa shape index (κ3) is 2.91. The zero-order chi connectivity index (χ0) is 13.9. The summed E-state index contributed by atoms with van der Waals surface area (Å²) >= 11 is 12.2. The Morgan fingerprint density at radius 1 is 1.37 bits per heavy atom. The van der Waals surface area contributed by atoms with E-state index in [9.17, 15) is 0 Å². The summed E-state index contributed by atoms with van der Waals surface area (Å²) in [5.41, 5.74) is 0.356. The van der Waals surface area contributed by atoms with Crippen molar-refractivity contribution < 1.29 is 4.74 Å². The van der Waals surface area contributed by atoms with Crippen LogP contribution < -0.4 is 0 Å². The second-order valence-corrected chi connectivity index (χ2v) is 5.11. The lowest BCUT2D eigenvalue weighted by atomic mass is 9.90. The fourth-order valence-corrected chi connectivity index (χ4v) is 2.72. The molecule has 0 amide bonds. The lowest BCUT2D eigenvalue weighted by Gasteiger charge is -2.32. The van der Waals surface area contributed by atoms with Crippen molar-refractivity contribution in [2.45, 2.75) is 25.5 Å². The van der Waals surface area contributed by atoms with Gasteiger partial charge in [-0.25, -0.2) is 9.67 Å². The molecule has 1 aromatic heterocycles. The van der Waals surface area contributed by atoms with E-state index in [1.807, 2.05) is 19.1 Å². The SMILES string of the molecule is CCC(Cn1cncn1)(OC)c1ccc(Cl)cc1Cl. The fraction of sp³-hybridized carbons (Fsp3) is 0.385. The maximum atomic E-state index is 6.30. The second-order valence-electron chi connectivity index (χ2n) is 4.27. The first kappa shape index (κ1) is 14.3. The van der Waals surface area contributed by atoms with E-state index in [4.69, 9.17) is 27.9 Å². The Kier molecular flexibility index (Phi) is 4.45. The fourth-order valence-electron chi connectivity index (χ4n) is 2.14. The highest BCUT2D eigenvalue weighted by Crippen LogP contribution is 2.36. The van der Waals surface area contributed by atoms with Crippen LogP contribution in [0.25, 0.3) is 0 Å². The third-order valence-corrected chi connectivity index (χ3v) is 3.82. The molecule has 19 heavy (non-hydrogen) atoms. The molecule has 6 heteroatoms. The molecule has 2 aromatic rings. The van der Waals surface area contributed by atoms with Crippen molar-refractivity contribution >= 4 is 23.2 Å².